The number of rotatable bonds is 5. The molecule has 0 aliphatic heterocycles. The zero-order chi connectivity index (χ0) is 11.3. The number of aromatic nitrogens is 2. The van der Waals surface area contributed by atoms with Crippen LogP contribution >= 0.6 is 0 Å². The van der Waals surface area contributed by atoms with E-state index >= 15 is 0 Å². The fourth-order valence-corrected chi connectivity index (χ4v) is 1.26. The van der Waals surface area contributed by atoms with Gasteiger partial charge >= 0.3 is 6.01 Å². The van der Waals surface area contributed by atoms with Crippen LogP contribution in [0.4, 0.5) is 0 Å². The second-order valence-electron chi connectivity index (χ2n) is 3.52. The molecule has 0 N–H and O–H groups in total. The van der Waals surface area contributed by atoms with Crippen LogP contribution in [0.1, 0.15) is 32.0 Å². The average Bonchev–Trinajstić information content (AvgIpc) is 2.20. The van der Waals surface area contributed by atoms with E-state index in [1.165, 1.54) is 0 Å². The molecular formula is C11H16N2O2. The van der Waals surface area contributed by atoms with Gasteiger partial charge in [-0.25, -0.2) is 4.98 Å². The summed E-state index contributed by atoms with van der Waals surface area (Å²) >= 11 is 0. The van der Waals surface area contributed by atoms with Gasteiger partial charge in [-0.15, -0.1) is 0 Å². The van der Waals surface area contributed by atoms with Crippen molar-refractivity contribution in [1.29, 1.82) is 0 Å². The van der Waals surface area contributed by atoms with Gasteiger partial charge < -0.3 is 9.53 Å². The zero-order valence-corrected chi connectivity index (χ0v) is 9.36. The van der Waals surface area contributed by atoms with E-state index in [9.17, 15) is 4.79 Å². The van der Waals surface area contributed by atoms with E-state index in [0.29, 0.717) is 12.4 Å². The van der Waals surface area contributed by atoms with Gasteiger partial charge in [0.1, 0.15) is 6.29 Å². The van der Waals surface area contributed by atoms with Crippen LogP contribution in [0.3, 0.4) is 0 Å². The third-order valence-electron chi connectivity index (χ3n) is 1.91. The van der Waals surface area contributed by atoms with Gasteiger partial charge in [-0.2, -0.15) is 4.98 Å². The molecule has 0 saturated carbocycles. The summed E-state index contributed by atoms with van der Waals surface area (Å²) in [4.78, 5) is 18.7. The van der Waals surface area contributed by atoms with Crippen molar-refractivity contribution in [3.8, 4) is 6.01 Å². The van der Waals surface area contributed by atoms with Crippen LogP contribution in [0.2, 0.25) is 0 Å². The Balaban J connectivity index is 2.91. The molecule has 4 nitrogen and oxygen atoms in total. The Bertz CT molecular complexity index is 337. The van der Waals surface area contributed by atoms with Crippen molar-refractivity contribution in [2.24, 2.45) is 0 Å². The maximum Gasteiger partial charge on any atom is 0.316 e. The fraction of sp³-hybridized carbons (Fsp3) is 0.545. The maximum atomic E-state index is 10.4. The van der Waals surface area contributed by atoms with Gasteiger partial charge in [0, 0.05) is 12.6 Å². The van der Waals surface area contributed by atoms with Crippen LogP contribution in [0.15, 0.2) is 6.20 Å². The first-order valence-electron chi connectivity index (χ1n) is 5.12. The minimum absolute atomic E-state index is 0.0617. The Hall–Kier alpha value is -1.45. The van der Waals surface area contributed by atoms with E-state index in [4.69, 9.17) is 4.74 Å². The number of aryl methyl sites for hydroxylation is 1. The SMILES string of the molecule is CCc1nc(OC(C)C)ncc1CC=O. The van der Waals surface area contributed by atoms with E-state index in [-0.39, 0.29) is 6.10 Å². The number of carbonyl (C=O) groups excluding carboxylic acids is 1. The molecule has 0 amide bonds. The number of hydrogen-bond donors (Lipinski definition) is 0. The zero-order valence-electron chi connectivity index (χ0n) is 9.36. The van der Waals surface area contributed by atoms with Crippen molar-refractivity contribution < 1.29 is 9.53 Å². The Kier molecular flexibility index (Phi) is 4.21. The summed E-state index contributed by atoms with van der Waals surface area (Å²) in [6.07, 6.45) is 3.73. The second kappa shape index (κ2) is 5.44. The lowest BCUT2D eigenvalue weighted by molar-refractivity contribution is -0.107. The van der Waals surface area contributed by atoms with Crippen molar-refractivity contribution in [3.63, 3.8) is 0 Å². The van der Waals surface area contributed by atoms with Crippen LogP contribution in [-0.2, 0) is 17.6 Å². The summed E-state index contributed by atoms with van der Waals surface area (Å²) in [5.74, 6) is 0. The molecule has 1 aromatic rings. The summed E-state index contributed by atoms with van der Waals surface area (Å²) in [5.41, 5.74) is 1.76. The molecule has 0 saturated heterocycles. The molecule has 0 spiro atoms. The normalized spacial score (nSPS) is 10.4. The number of hydrogen-bond acceptors (Lipinski definition) is 4. The third kappa shape index (κ3) is 3.31. The molecular weight excluding hydrogens is 192 g/mol. The molecule has 82 valence electrons. The Morgan fingerprint density at radius 1 is 1.53 bits per heavy atom. The summed E-state index contributed by atoms with van der Waals surface area (Å²) in [6, 6.07) is 0.386. The van der Waals surface area contributed by atoms with Crippen LogP contribution in [-0.4, -0.2) is 22.4 Å². The first-order valence-corrected chi connectivity index (χ1v) is 5.12. The van der Waals surface area contributed by atoms with Gasteiger partial charge in [0.25, 0.3) is 0 Å². The fourth-order valence-electron chi connectivity index (χ4n) is 1.26. The van der Waals surface area contributed by atoms with Crippen molar-refractivity contribution in [3.05, 3.63) is 17.5 Å². The van der Waals surface area contributed by atoms with Gasteiger partial charge in [-0.1, -0.05) is 6.92 Å². The minimum Gasteiger partial charge on any atom is -0.461 e. The molecule has 1 aromatic heterocycles. The molecule has 0 radical (unpaired) electrons. The Labute approximate surface area is 89.7 Å². The third-order valence-corrected chi connectivity index (χ3v) is 1.91. The van der Waals surface area contributed by atoms with Crippen LogP contribution < -0.4 is 4.74 Å². The van der Waals surface area contributed by atoms with Crippen LogP contribution in [0.25, 0.3) is 0 Å². The molecule has 4 heteroatoms. The maximum absolute atomic E-state index is 10.4. The van der Waals surface area contributed by atoms with Crippen LogP contribution in [0.5, 0.6) is 6.01 Å². The molecule has 0 bridgehead atoms. The lowest BCUT2D eigenvalue weighted by atomic mass is 10.1. The van der Waals surface area contributed by atoms with E-state index in [0.717, 1.165) is 24.0 Å². The van der Waals surface area contributed by atoms with Gasteiger partial charge in [0.2, 0.25) is 0 Å². The molecule has 1 rings (SSSR count). The standard InChI is InChI=1S/C11H16N2O2/c1-4-10-9(5-6-14)7-12-11(13-10)15-8(2)3/h6-8H,4-5H2,1-3H3. The molecule has 0 atom stereocenters. The van der Waals surface area contributed by atoms with Crippen molar-refractivity contribution >= 4 is 6.29 Å². The lowest BCUT2D eigenvalue weighted by Gasteiger charge is -2.09. The number of ether oxygens (including phenoxy) is 1. The monoisotopic (exact) mass is 208 g/mol. The van der Waals surface area contributed by atoms with Gasteiger partial charge in [0.05, 0.1) is 11.8 Å². The average molecular weight is 208 g/mol. The Morgan fingerprint density at radius 2 is 2.27 bits per heavy atom. The predicted octanol–water partition coefficient (Wildman–Crippen LogP) is 1.57. The highest BCUT2D eigenvalue weighted by Gasteiger charge is 2.07. The topological polar surface area (TPSA) is 52.1 Å². The first kappa shape index (κ1) is 11.6. The number of carbonyl (C=O) groups is 1. The molecule has 1 heterocycles. The molecule has 0 aromatic carbocycles. The first-order chi connectivity index (χ1) is 7.17. The number of aldehydes is 1. The molecule has 0 unspecified atom stereocenters. The molecule has 0 fully saturated rings. The van der Waals surface area contributed by atoms with Gasteiger partial charge in [-0.3, -0.25) is 0 Å². The second-order valence-corrected chi connectivity index (χ2v) is 3.52. The van der Waals surface area contributed by atoms with Gasteiger partial charge in [-0.05, 0) is 25.8 Å². The molecule has 15 heavy (non-hydrogen) atoms. The predicted molar refractivity (Wildman–Crippen MR) is 56.9 cm³/mol. The lowest BCUT2D eigenvalue weighted by Crippen LogP contribution is -2.10. The molecule has 0 aliphatic rings. The van der Waals surface area contributed by atoms with Crippen molar-refractivity contribution in [1.82, 2.24) is 9.97 Å². The summed E-state index contributed by atoms with van der Waals surface area (Å²) in [7, 11) is 0. The van der Waals surface area contributed by atoms with E-state index in [2.05, 4.69) is 9.97 Å². The number of nitrogens with zero attached hydrogens (tertiary/aromatic N) is 2. The van der Waals surface area contributed by atoms with Crippen molar-refractivity contribution in [2.75, 3.05) is 0 Å². The minimum atomic E-state index is 0.0617. The smallest absolute Gasteiger partial charge is 0.316 e. The summed E-state index contributed by atoms with van der Waals surface area (Å²) in [5, 5.41) is 0. The van der Waals surface area contributed by atoms with Gasteiger partial charge in [0.15, 0.2) is 0 Å². The van der Waals surface area contributed by atoms with Crippen LogP contribution in [0, 0.1) is 0 Å². The van der Waals surface area contributed by atoms with E-state index < -0.39 is 0 Å². The Morgan fingerprint density at radius 3 is 2.80 bits per heavy atom. The van der Waals surface area contributed by atoms with E-state index in [1.54, 1.807) is 6.20 Å². The summed E-state index contributed by atoms with van der Waals surface area (Å²) < 4.78 is 5.38. The largest absolute Gasteiger partial charge is 0.461 e. The van der Waals surface area contributed by atoms with Crippen molar-refractivity contribution in [2.45, 2.75) is 39.7 Å². The summed E-state index contributed by atoms with van der Waals surface area (Å²) in [6.45, 7) is 5.85. The quantitative estimate of drug-likeness (QED) is 0.689. The molecule has 0 aliphatic carbocycles. The highest BCUT2D eigenvalue weighted by molar-refractivity contribution is 5.55. The van der Waals surface area contributed by atoms with E-state index in [1.807, 2.05) is 20.8 Å². The highest BCUT2D eigenvalue weighted by atomic mass is 16.5. The highest BCUT2D eigenvalue weighted by Crippen LogP contribution is 2.11.